The first-order valence-corrected chi connectivity index (χ1v) is 14.1. The fraction of sp³-hybridized carbons (Fsp3) is 0.524. The van der Waals surface area contributed by atoms with E-state index in [1.54, 1.807) is 20.8 Å². The second-order valence-electron chi connectivity index (χ2n) is 9.37. The third-order valence-corrected chi connectivity index (χ3v) is 7.87. The number of thioether (sulfide) groups is 1. The van der Waals surface area contributed by atoms with Gasteiger partial charge in [-0.05, 0) is 40.2 Å². The van der Waals surface area contributed by atoms with Crippen molar-refractivity contribution in [3.8, 4) is 0 Å². The van der Waals surface area contributed by atoms with Gasteiger partial charge in [0.25, 0.3) is 11.8 Å². The second-order valence-corrected chi connectivity index (χ2v) is 12.1. The van der Waals surface area contributed by atoms with Gasteiger partial charge < -0.3 is 25.7 Å². The van der Waals surface area contributed by atoms with Crippen LogP contribution in [0.4, 0.5) is 5.13 Å². The molecule has 36 heavy (non-hydrogen) atoms. The summed E-state index contributed by atoms with van der Waals surface area (Å²) < 4.78 is 5.81. The van der Waals surface area contributed by atoms with Gasteiger partial charge in [0.2, 0.25) is 5.60 Å². The molecular formula is C21H26IN5O7S2. The molecule has 2 aliphatic rings. The third kappa shape index (κ3) is 5.94. The number of esters is 1. The topological polar surface area (TPSA) is 174 Å². The quantitative estimate of drug-likeness (QED) is 0.0939. The van der Waals surface area contributed by atoms with Gasteiger partial charge in [0.05, 0.1) is 0 Å². The molecule has 0 saturated carbocycles. The van der Waals surface area contributed by atoms with Gasteiger partial charge in [-0.2, -0.15) is 0 Å². The van der Waals surface area contributed by atoms with E-state index in [1.807, 2.05) is 0 Å². The Morgan fingerprint density at radius 3 is 2.53 bits per heavy atom. The average molecular weight is 652 g/mol. The molecule has 1 aromatic rings. The molecule has 1 saturated heterocycles. The molecule has 0 radical (unpaired) electrons. The van der Waals surface area contributed by atoms with Gasteiger partial charge in [0, 0.05) is 15.6 Å². The van der Waals surface area contributed by atoms with Crippen molar-refractivity contribution in [3.63, 3.8) is 0 Å². The fourth-order valence-electron chi connectivity index (χ4n) is 3.19. The first-order valence-electron chi connectivity index (χ1n) is 10.6. The van der Waals surface area contributed by atoms with E-state index >= 15 is 0 Å². The predicted octanol–water partition coefficient (Wildman–Crippen LogP) is 1.74. The number of alkyl halides is 1. The van der Waals surface area contributed by atoms with Crippen molar-refractivity contribution in [2.45, 2.75) is 57.2 Å². The Morgan fingerprint density at radius 2 is 2.00 bits per heavy atom. The number of carbonyl (C=O) groups excluding carboxylic acids is 3. The van der Waals surface area contributed by atoms with Gasteiger partial charge in [-0.1, -0.05) is 27.7 Å². The minimum absolute atomic E-state index is 0.0488. The molecule has 0 aliphatic carbocycles. The van der Waals surface area contributed by atoms with Crippen LogP contribution in [0.15, 0.2) is 21.8 Å². The number of thiazole rings is 1. The smallest absolute Gasteiger partial charge is 0.353 e. The van der Waals surface area contributed by atoms with Crippen molar-refractivity contribution in [2.24, 2.45) is 5.16 Å². The Kier molecular flexibility index (Phi) is 8.24. The first kappa shape index (κ1) is 28.2. The zero-order valence-electron chi connectivity index (χ0n) is 20.2. The van der Waals surface area contributed by atoms with Gasteiger partial charge in [-0.3, -0.25) is 14.5 Å². The number of aromatic nitrogens is 1. The number of hydrogen-bond acceptors (Lipinski definition) is 11. The summed E-state index contributed by atoms with van der Waals surface area (Å²) in [6.45, 7) is 7.99. The number of hydrogen-bond donors (Lipinski definition) is 3. The molecule has 2 aliphatic heterocycles. The number of nitrogens with zero attached hydrogens (tertiary/aromatic N) is 3. The monoisotopic (exact) mass is 651 g/mol. The Bertz CT molecular complexity index is 1160. The Balaban J connectivity index is 1.82. The number of carboxylic acid groups (broad SMARTS) is 1. The second kappa shape index (κ2) is 10.5. The number of oxime groups is 1. The number of carbonyl (C=O) groups is 4. The number of nitrogens with two attached hydrogens (primary N) is 1. The van der Waals surface area contributed by atoms with Crippen LogP contribution in [0.1, 0.15) is 40.3 Å². The van der Waals surface area contributed by atoms with E-state index in [2.05, 4.69) is 38.0 Å². The van der Waals surface area contributed by atoms with Crippen LogP contribution in [0.2, 0.25) is 0 Å². The molecule has 4 N–H and O–H groups in total. The van der Waals surface area contributed by atoms with Crippen molar-refractivity contribution < 1.29 is 33.9 Å². The van der Waals surface area contributed by atoms with Crippen LogP contribution in [0, 0.1) is 0 Å². The van der Waals surface area contributed by atoms with E-state index in [4.69, 9.17) is 15.3 Å². The van der Waals surface area contributed by atoms with Crippen LogP contribution in [0.5, 0.6) is 0 Å². The molecule has 15 heteroatoms. The lowest BCUT2D eigenvalue weighted by molar-refractivity contribution is -0.179. The highest BCUT2D eigenvalue weighted by Gasteiger charge is 2.54. The van der Waals surface area contributed by atoms with Crippen LogP contribution in [-0.4, -0.2) is 77.3 Å². The molecule has 2 atom stereocenters. The Morgan fingerprint density at radius 1 is 1.33 bits per heavy atom. The molecule has 0 aromatic carbocycles. The lowest BCUT2D eigenvalue weighted by Gasteiger charge is -2.49. The SMILES string of the molecule is CC(C)(C)OC(=O)C(C)(C)O/N=C(\C(=O)NC1C(=O)N2C(C(=O)O)=C(CI)CS[C@H]12)c1csc(N)n1. The average Bonchev–Trinajstić information content (AvgIpc) is 3.20. The van der Waals surface area contributed by atoms with Crippen molar-refractivity contribution in [2.75, 3.05) is 15.9 Å². The maximum Gasteiger partial charge on any atom is 0.353 e. The summed E-state index contributed by atoms with van der Waals surface area (Å²) in [5.74, 6) is -2.81. The van der Waals surface area contributed by atoms with E-state index in [1.165, 1.54) is 35.9 Å². The highest BCUT2D eigenvalue weighted by atomic mass is 127. The lowest BCUT2D eigenvalue weighted by Crippen LogP contribution is -2.71. The summed E-state index contributed by atoms with van der Waals surface area (Å²) in [7, 11) is 0. The van der Waals surface area contributed by atoms with Crippen LogP contribution in [-0.2, 0) is 28.8 Å². The van der Waals surface area contributed by atoms with E-state index in [9.17, 15) is 24.3 Å². The van der Waals surface area contributed by atoms with Crippen molar-refractivity contribution in [1.29, 1.82) is 0 Å². The Hall–Kier alpha value is -2.40. The molecule has 3 rings (SSSR count). The van der Waals surface area contributed by atoms with Gasteiger partial charge in [-0.25, -0.2) is 14.6 Å². The number of nitrogens with one attached hydrogen (secondary N) is 1. The van der Waals surface area contributed by atoms with E-state index in [0.29, 0.717) is 15.8 Å². The van der Waals surface area contributed by atoms with Gasteiger partial charge >= 0.3 is 11.9 Å². The van der Waals surface area contributed by atoms with Crippen molar-refractivity contribution in [1.82, 2.24) is 15.2 Å². The molecule has 2 amide bonds. The highest BCUT2D eigenvalue weighted by molar-refractivity contribution is 14.1. The molecule has 0 bridgehead atoms. The summed E-state index contributed by atoms with van der Waals surface area (Å²) in [6.07, 6.45) is 0. The number of fused-ring (bicyclic) bond motifs is 1. The fourth-order valence-corrected chi connectivity index (χ4v) is 6.09. The number of amides is 2. The minimum Gasteiger partial charge on any atom is -0.477 e. The number of anilines is 1. The predicted molar refractivity (Wildman–Crippen MR) is 143 cm³/mol. The first-order chi connectivity index (χ1) is 16.7. The molecular weight excluding hydrogens is 625 g/mol. The van der Waals surface area contributed by atoms with Gasteiger partial charge in [0.15, 0.2) is 10.8 Å². The Labute approximate surface area is 229 Å². The number of aliphatic carboxylic acids is 1. The standard InChI is InChI=1S/C21H26IN5O7S2/c1-20(2,3)33-18(32)21(4,5)34-26-11(10-8-36-19(23)24-10)14(28)25-12-15(29)27-13(17(30)31)9(6-22)7-35-16(12)27/h8,12,16H,6-7H2,1-5H3,(H2,23,24)(H,25,28)(H,30,31)/b26-11-/t12?,16-/m1/s1. The number of rotatable bonds is 8. The molecule has 12 nitrogen and oxygen atoms in total. The van der Waals surface area contributed by atoms with Crippen LogP contribution < -0.4 is 11.1 Å². The molecule has 1 aromatic heterocycles. The van der Waals surface area contributed by atoms with E-state index in [-0.39, 0.29) is 22.2 Å². The summed E-state index contributed by atoms with van der Waals surface area (Å²) >= 11 is 4.48. The number of carboxylic acids is 1. The van der Waals surface area contributed by atoms with Crippen molar-refractivity contribution >= 4 is 80.3 Å². The highest BCUT2D eigenvalue weighted by Crippen LogP contribution is 2.40. The summed E-state index contributed by atoms with van der Waals surface area (Å²) in [6, 6.07) is -0.979. The number of ether oxygens (including phenoxy) is 1. The van der Waals surface area contributed by atoms with Crippen LogP contribution in [0.3, 0.4) is 0 Å². The summed E-state index contributed by atoms with van der Waals surface area (Å²) in [4.78, 5) is 61.0. The van der Waals surface area contributed by atoms with E-state index in [0.717, 1.165) is 11.3 Å². The molecule has 0 spiro atoms. The third-order valence-electron chi connectivity index (χ3n) is 4.93. The van der Waals surface area contributed by atoms with E-state index < -0.39 is 46.4 Å². The maximum absolute atomic E-state index is 13.2. The van der Waals surface area contributed by atoms with Gasteiger partial charge in [-0.15, -0.1) is 23.1 Å². The number of nitrogen functional groups attached to an aromatic ring is 1. The molecule has 1 unspecified atom stereocenters. The zero-order chi connectivity index (χ0) is 27.0. The maximum atomic E-state index is 13.2. The van der Waals surface area contributed by atoms with Crippen LogP contribution in [0.25, 0.3) is 0 Å². The number of halogens is 1. The molecule has 196 valence electrons. The van der Waals surface area contributed by atoms with Crippen LogP contribution >= 0.6 is 45.7 Å². The zero-order valence-corrected chi connectivity index (χ0v) is 23.9. The summed E-state index contributed by atoms with van der Waals surface area (Å²) in [5.41, 5.74) is 3.79. The normalized spacial score (nSPS) is 20.4. The minimum atomic E-state index is -1.54. The molecule has 1 fully saturated rings. The molecule has 3 heterocycles. The van der Waals surface area contributed by atoms with Crippen molar-refractivity contribution in [3.05, 3.63) is 22.3 Å². The number of β-lactam (4-membered cyclic amide) rings is 1. The lowest BCUT2D eigenvalue weighted by atomic mass is 10.0. The largest absolute Gasteiger partial charge is 0.477 e. The summed E-state index contributed by atoms with van der Waals surface area (Å²) in [5, 5.41) is 17.2. The van der Waals surface area contributed by atoms with Gasteiger partial charge in [0.1, 0.15) is 28.4 Å².